The Morgan fingerprint density at radius 1 is 0.292 bits per heavy atom. The van der Waals surface area contributed by atoms with Gasteiger partial charge in [-0.2, -0.15) is 9.97 Å². The van der Waals surface area contributed by atoms with E-state index < -0.39 is 0 Å². The summed E-state index contributed by atoms with van der Waals surface area (Å²) in [6, 6.07) is 79.8. The zero-order valence-electron chi connectivity index (χ0n) is 41.6. The molecule has 0 aliphatic rings. The number of benzene rings is 10. The highest BCUT2D eigenvalue weighted by atomic mass is 15.3. The van der Waals surface area contributed by atoms with Crippen molar-refractivity contribution in [2.24, 2.45) is 0 Å². The maximum absolute atomic E-state index is 5.47. The first kappa shape index (κ1) is 45.5. The van der Waals surface area contributed by atoms with Crippen LogP contribution in [-0.2, 0) is 0 Å². The van der Waals surface area contributed by atoms with Gasteiger partial charge in [0.15, 0.2) is 11.6 Å². The van der Waals surface area contributed by atoms with E-state index in [9.17, 15) is 0 Å². The summed E-state index contributed by atoms with van der Waals surface area (Å²) in [5.74, 6) is 1.66. The van der Waals surface area contributed by atoms with E-state index in [0.717, 1.165) is 61.2 Å². The summed E-state index contributed by atoms with van der Waals surface area (Å²) < 4.78 is 0. The highest BCUT2D eigenvalue weighted by molar-refractivity contribution is 5.98. The molecular weight excluding hydrogens is 875 g/mol. The monoisotopic (exact) mass is 929 g/mol. The summed E-state index contributed by atoms with van der Waals surface area (Å²) >= 11 is 0. The molecule has 0 N–H and O–H groups in total. The third-order valence-electron chi connectivity index (χ3n) is 13.6. The SMILES string of the molecule is Cc1cc(C)c(N(c2ccc(N(c3nc(-c4ccccc4)nc(-c4ccc(-c5ccccc5-c5ccccc5)cc4)n3)c3cc4ccccc4cc3-c3ccccc3)cc2)c2c(C)cc(C)cc2C)c(C)c1. The van der Waals surface area contributed by atoms with Gasteiger partial charge in [0.25, 0.3) is 0 Å². The predicted molar refractivity (Wildman–Crippen MR) is 302 cm³/mol. The van der Waals surface area contributed by atoms with Gasteiger partial charge in [-0.05, 0) is 139 Å². The molecule has 5 nitrogen and oxygen atoms in total. The lowest BCUT2D eigenvalue weighted by Crippen LogP contribution is -2.18. The lowest BCUT2D eigenvalue weighted by molar-refractivity contribution is 1.02. The van der Waals surface area contributed by atoms with Crippen molar-refractivity contribution >= 4 is 45.2 Å². The summed E-state index contributed by atoms with van der Waals surface area (Å²) in [7, 11) is 0. The van der Waals surface area contributed by atoms with Crippen molar-refractivity contribution in [2.45, 2.75) is 41.5 Å². The van der Waals surface area contributed by atoms with Gasteiger partial charge >= 0.3 is 0 Å². The molecular formula is C67H55N5. The van der Waals surface area contributed by atoms with Crippen LogP contribution in [0, 0.1) is 41.5 Å². The molecule has 0 aliphatic heterocycles. The molecule has 0 bridgehead atoms. The fourth-order valence-corrected chi connectivity index (χ4v) is 10.5. The minimum absolute atomic E-state index is 0.505. The minimum atomic E-state index is 0.505. The largest absolute Gasteiger partial charge is 0.309 e. The molecule has 0 saturated heterocycles. The van der Waals surface area contributed by atoms with Crippen LogP contribution in [0.2, 0.25) is 0 Å². The average Bonchev–Trinajstić information content (AvgIpc) is 3.41. The number of anilines is 6. The highest BCUT2D eigenvalue weighted by Gasteiger charge is 2.26. The second-order valence-electron chi connectivity index (χ2n) is 18.9. The number of hydrogen-bond donors (Lipinski definition) is 0. The van der Waals surface area contributed by atoms with Gasteiger partial charge in [0.2, 0.25) is 5.95 Å². The zero-order valence-corrected chi connectivity index (χ0v) is 41.6. The predicted octanol–water partition coefficient (Wildman–Crippen LogP) is 18.1. The fraction of sp³-hybridized carbons (Fsp3) is 0.0896. The van der Waals surface area contributed by atoms with Crippen LogP contribution < -0.4 is 9.80 Å². The second kappa shape index (κ2) is 19.5. The maximum Gasteiger partial charge on any atom is 0.238 e. The maximum atomic E-state index is 5.47. The topological polar surface area (TPSA) is 45.2 Å². The Morgan fingerprint density at radius 2 is 0.653 bits per heavy atom. The molecule has 1 aromatic heterocycles. The minimum Gasteiger partial charge on any atom is -0.309 e. The molecule has 0 atom stereocenters. The quantitative estimate of drug-likeness (QED) is 0.129. The number of nitrogens with zero attached hydrogens (tertiary/aromatic N) is 5. The molecule has 11 aromatic rings. The molecule has 72 heavy (non-hydrogen) atoms. The standard InChI is InChI=1S/C67H55N5/c1-44-38-46(3)63(47(4)39-44)72(64-48(5)40-45(2)41-49(64)6)58-36-34-57(35-37-58)71(62-43-56-27-17-16-26-55(56)42-61(62)51-22-12-8-13-23-51)67-69-65(53-24-14-9-15-25-53)68-66(70-67)54-32-30-52(31-33-54)60-29-19-18-28-59(60)50-20-10-7-11-21-50/h7-43H,1-6H3. The van der Waals surface area contributed by atoms with E-state index in [1.807, 2.05) is 18.2 Å². The van der Waals surface area contributed by atoms with E-state index in [1.165, 1.54) is 55.9 Å². The van der Waals surface area contributed by atoms with Gasteiger partial charge in [-0.25, -0.2) is 4.98 Å². The van der Waals surface area contributed by atoms with Crippen molar-refractivity contribution in [3.63, 3.8) is 0 Å². The van der Waals surface area contributed by atoms with Gasteiger partial charge in [-0.3, -0.25) is 4.90 Å². The average molecular weight is 930 g/mol. The van der Waals surface area contributed by atoms with Crippen molar-refractivity contribution in [1.82, 2.24) is 15.0 Å². The first-order valence-corrected chi connectivity index (χ1v) is 24.7. The van der Waals surface area contributed by atoms with E-state index in [0.29, 0.717) is 17.6 Å². The van der Waals surface area contributed by atoms with Crippen molar-refractivity contribution in [3.8, 4) is 56.2 Å². The summed E-state index contributed by atoms with van der Waals surface area (Å²) in [6.45, 7) is 13.2. The van der Waals surface area contributed by atoms with Crippen LogP contribution >= 0.6 is 0 Å². The van der Waals surface area contributed by atoms with Gasteiger partial charge in [-0.15, -0.1) is 0 Å². The third-order valence-corrected chi connectivity index (χ3v) is 13.6. The van der Waals surface area contributed by atoms with Crippen LogP contribution in [-0.4, -0.2) is 15.0 Å². The lowest BCUT2D eigenvalue weighted by Gasteiger charge is -2.32. The molecule has 0 aliphatic carbocycles. The number of aryl methyl sites for hydroxylation is 6. The Balaban J connectivity index is 1.12. The Labute approximate surface area is 423 Å². The molecule has 0 saturated carbocycles. The van der Waals surface area contributed by atoms with Crippen LogP contribution in [0.5, 0.6) is 0 Å². The Hall–Kier alpha value is -8.93. The third kappa shape index (κ3) is 8.93. The molecule has 0 radical (unpaired) electrons. The summed E-state index contributed by atoms with van der Waals surface area (Å²) in [4.78, 5) is 20.8. The van der Waals surface area contributed by atoms with Crippen molar-refractivity contribution in [1.29, 1.82) is 0 Å². The first-order chi connectivity index (χ1) is 35.2. The normalized spacial score (nSPS) is 11.2. The smallest absolute Gasteiger partial charge is 0.238 e. The Bertz CT molecular complexity index is 3630. The molecule has 348 valence electrons. The summed E-state index contributed by atoms with van der Waals surface area (Å²) in [6.07, 6.45) is 0. The molecule has 0 fully saturated rings. The van der Waals surface area contributed by atoms with Gasteiger partial charge in [0.1, 0.15) is 0 Å². The first-order valence-electron chi connectivity index (χ1n) is 24.7. The van der Waals surface area contributed by atoms with Crippen LogP contribution in [0.25, 0.3) is 66.9 Å². The molecule has 0 spiro atoms. The molecule has 0 amide bonds. The van der Waals surface area contributed by atoms with Crippen molar-refractivity contribution in [2.75, 3.05) is 9.80 Å². The van der Waals surface area contributed by atoms with Crippen molar-refractivity contribution < 1.29 is 0 Å². The van der Waals surface area contributed by atoms with E-state index >= 15 is 0 Å². The lowest BCUT2D eigenvalue weighted by atomic mass is 9.94. The van der Waals surface area contributed by atoms with Crippen LogP contribution in [0.1, 0.15) is 33.4 Å². The van der Waals surface area contributed by atoms with Gasteiger partial charge in [0.05, 0.1) is 17.1 Å². The highest BCUT2D eigenvalue weighted by Crippen LogP contribution is 2.46. The number of hydrogen-bond acceptors (Lipinski definition) is 5. The Morgan fingerprint density at radius 3 is 1.14 bits per heavy atom. The van der Waals surface area contributed by atoms with Gasteiger partial charge in [0, 0.05) is 28.1 Å². The number of aromatic nitrogens is 3. The van der Waals surface area contributed by atoms with E-state index in [-0.39, 0.29) is 0 Å². The van der Waals surface area contributed by atoms with Crippen LogP contribution in [0.15, 0.2) is 224 Å². The molecule has 1 heterocycles. The summed E-state index contributed by atoms with van der Waals surface area (Å²) in [5, 5.41) is 2.26. The van der Waals surface area contributed by atoms with Crippen molar-refractivity contribution in [3.05, 3.63) is 258 Å². The molecule has 10 aromatic carbocycles. The zero-order chi connectivity index (χ0) is 49.3. The van der Waals surface area contributed by atoms with E-state index in [1.54, 1.807) is 0 Å². The van der Waals surface area contributed by atoms with Crippen LogP contribution in [0.4, 0.5) is 34.4 Å². The number of fused-ring (bicyclic) bond motifs is 1. The summed E-state index contributed by atoms with van der Waals surface area (Å²) in [5.41, 5.74) is 21.2. The second-order valence-corrected chi connectivity index (χ2v) is 18.9. The Kier molecular flexibility index (Phi) is 12.3. The number of rotatable bonds is 11. The van der Waals surface area contributed by atoms with Crippen LogP contribution in [0.3, 0.4) is 0 Å². The fourth-order valence-electron chi connectivity index (χ4n) is 10.5. The molecule has 5 heteroatoms. The van der Waals surface area contributed by atoms with E-state index in [2.05, 4.69) is 258 Å². The van der Waals surface area contributed by atoms with E-state index in [4.69, 9.17) is 15.0 Å². The van der Waals surface area contributed by atoms with Gasteiger partial charge in [-0.1, -0.05) is 199 Å². The molecule has 0 unspecified atom stereocenters. The van der Waals surface area contributed by atoms with Gasteiger partial charge < -0.3 is 4.90 Å². The molecule has 11 rings (SSSR count).